The lowest BCUT2D eigenvalue weighted by molar-refractivity contribution is 0.504. The van der Waals surface area contributed by atoms with Crippen LogP contribution in [0.2, 0.25) is 0 Å². The summed E-state index contributed by atoms with van der Waals surface area (Å²) in [5, 5.41) is 0. The first-order valence-electron chi connectivity index (χ1n) is 5.45. The van der Waals surface area contributed by atoms with Crippen molar-refractivity contribution < 1.29 is 8.78 Å². The van der Waals surface area contributed by atoms with Crippen molar-refractivity contribution in [1.29, 1.82) is 0 Å². The number of aromatic nitrogens is 1. The number of aryl methyl sites for hydroxylation is 1. The summed E-state index contributed by atoms with van der Waals surface area (Å²) in [6.45, 7) is 1.87. The van der Waals surface area contributed by atoms with Gasteiger partial charge in [-0.15, -0.1) is 0 Å². The highest BCUT2D eigenvalue weighted by atomic mass is 19.2. The summed E-state index contributed by atoms with van der Waals surface area (Å²) in [5.41, 5.74) is 4.78. The third kappa shape index (κ3) is 2.52. The van der Waals surface area contributed by atoms with E-state index in [0.29, 0.717) is 5.56 Å². The van der Waals surface area contributed by atoms with Crippen LogP contribution < -0.4 is 11.3 Å². The Hall–Kier alpha value is -1.85. The second-order valence-electron chi connectivity index (χ2n) is 4.01. The van der Waals surface area contributed by atoms with E-state index in [2.05, 4.69) is 10.4 Å². The summed E-state index contributed by atoms with van der Waals surface area (Å²) < 4.78 is 26.1. The molecule has 1 aromatic carbocycles. The van der Waals surface area contributed by atoms with Gasteiger partial charge in [0.1, 0.15) is 0 Å². The quantitative estimate of drug-likeness (QED) is 0.647. The van der Waals surface area contributed by atoms with Gasteiger partial charge in [0.05, 0.1) is 6.04 Å². The maximum Gasteiger partial charge on any atom is 0.159 e. The molecule has 1 atom stereocenters. The van der Waals surface area contributed by atoms with E-state index in [9.17, 15) is 8.78 Å². The predicted molar refractivity (Wildman–Crippen MR) is 64.5 cm³/mol. The molecule has 0 bridgehead atoms. The minimum absolute atomic E-state index is 0.423. The molecule has 1 unspecified atom stereocenters. The van der Waals surface area contributed by atoms with Crippen molar-refractivity contribution in [3.05, 3.63) is 65.0 Å². The second kappa shape index (κ2) is 5.20. The summed E-state index contributed by atoms with van der Waals surface area (Å²) in [4.78, 5) is 4.15. The fourth-order valence-corrected chi connectivity index (χ4v) is 1.73. The Morgan fingerprint density at radius 2 is 1.83 bits per heavy atom. The fourth-order valence-electron chi connectivity index (χ4n) is 1.73. The molecule has 2 aromatic rings. The molecule has 2 rings (SSSR count). The standard InChI is InChI=1S/C13H13F2N3/c1-8-2-3-10(7-17-8)13(18-16)9-4-5-11(14)12(15)6-9/h2-7,13,18H,16H2,1H3. The largest absolute Gasteiger partial charge is 0.271 e. The van der Waals surface area contributed by atoms with Crippen LogP contribution in [0.15, 0.2) is 36.5 Å². The average molecular weight is 249 g/mol. The molecule has 0 saturated heterocycles. The maximum atomic E-state index is 13.2. The number of hydrogen-bond acceptors (Lipinski definition) is 3. The molecule has 3 N–H and O–H groups in total. The van der Waals surface area contributed by atoms with Crippen LogP contribution in [0, 0.1) is 18.6 Å². The Morgan fingerprint density at radius 1 is 1.11 bits per heavy atom. The number of nitrogens with zero attached hydrogens (tertiary/aromatic N) is 1. The first-order chi connectivity index (χ1) is 8.61. The van der Waals surface area contributed by atoms with Crippen LogP contribution in [-0.2, 0) is 0 Å². The van der Waals surface area contributed by atoms with Gasteiger partial charge in [-0.25, -0.2) is 14.2 Å². The van der Waals surface area contributed by atoms with Crippen molar-refractivity contribution >= 4 is 0 Å². The number of nitrogens with one attached hydrogen (secondary N) is 1. The highest BCUT2D eigenvalue weighted by Gasteiger charge is 2.14. The zero-order valence-electron chi connectivity index (χ0n) is 9.82. The molecule has 94 valence electrons. The van der Waals surface area contributed by atoms with Crippen molar-refractivity contribution in [2.45, 2.75) is 13.0 Å². The van der Waals surface area contributed by atoms with Crippen LogP contribution in [0.1, 0.15) is 22.9 Å². The van der Waals surface area contributed by atoms with E-state index in [1.165, 1.54) is 6.07 Å². The lowest BCUT2D eigenvalue weighted by Gasteiger charge is -2.16. The normalized spacial score (nSPS) is 12.4. The third-order valence-electron chi connectivity index (χ3n) is 2.71. The van der Waals surface area contributed by atoms with Crippen molar-refractivity contribution in [3.63, 3.8) is 0 Å². The molecular weight excluding hydrogens is 236 g/mol. The summed E-state index contributed by atoms with van der Waals surface area (Å²) in [6.07, 6.45) is 1.65. The van der Waals surface area contributed by atoms with Gasteiger partial charge >= 0.3 is 0 Å². The van der Waals surface area contributed by atoms with Crippen molar-refractivity contribution in [1.82, 2.24) is 10.4 Å². The molecule has 0 aliphatic heterocycles. The van der Waals surface area contributed by atoms with Crippen LogP contribution in [0.3, 0.4) is 0 Å². The zero-order valence-corrected chi connectivity index (χ0v) is 9.82. The van der Waals surface area contributed by atoms with E-state index >= 15 is 0 Å². The average Bonchev–Trinajstić information content (AvgIpc) is 2.37. The molecular formula is C13H13F2N3. The van der Waals surface area contributed by atoms with Gasteiger partial charge in [0.15, 0.2) is 11.6 Å². The van der Waals surface area contributed by atoms with E-state index in [1.54, 1.807) is 6.20 Å². The van der Waals surface area contributed by atoms with Crippen LogP contribution >= 0.6 is 0 Å². The first-order valence-corrected chi connectivity index (χ1v) is 5.45. The number of halogens is 2. The van der Waals surface area contributed by atoms with Crippen LogP contribution in [0.5, 0.6) is 0 Å². The van der Waals surface area contributed by atoms with Crippen molar-refractivity contribution in [3.8, 4) is 0 Å². The summed E-state index contributed by atoms with van der Waals surface area (Å²) in [6, 6.07) is 6.94. The Balaban J connectivity index is 2.38. The molecule has 0 saturated carbocycles. The van der Waals surface area contributed by atoms with Gasteiger partial charge in [-0.05, 0) is 36.2 Å². The van der Waals surface area contributed by atoms with E-state index in [1.807, 2.05) is 19.1 Å². The van der Waals surface area contributed by atoms with Crippen molar-refractivity contribution in [2.75, 3.05) is 0 Å². The van der Waals surface area contributed by atoms with E-state index < -0.39 is 17.7 Å². The lowest BCUT2D eigenvalue weighted by atomic mass is 10.0. The second-order valence-corrected chi connectivity index (χ2v) is 4.01. The number of pyridine rings is 1. The maximum absolute atomic E-state index is 13.2. The minimum Gasteiger partial charge on any atom is -0.271 e. The smallest absolute Gasteiger partial charge is 0.159 e. The van der Waals surface area contributed by atoms with Crippen LogP contribution in [0.4, 0.5) is 8.78 Å². The van der Waals surface area contributed by atoms with Gasteiger partial charge in [-0.3, -0.25) is 10.8 Å². The first kappa shape index (κ1) is 12.6. The van der Waals surface area contributed by atoms with Gasteiger partial charge in [0, 0.05) is 11.9 Å². The Morgan fingerprint density at radius 3 is 2.39 bits per heavy atom. The SMILES string of the molecule is Cc1ccc(C(NN)c2ccc(F)c(F)c2)cn1. The van der Waals surface area contributed by atoms with Gasteiger partial charge in [-0.1, -0.05) is 12.1 Å². The minimum atomic E-state index is -0.896. The molecule has 1 heterocycles. The molecule has 5 heteroatoms. The highest BCUT2D eigenvalue weighted by Crippen LogP contribution is 2.22. The highest BCUT2D eigenvalue weighted by molar-refractivity contribution is 5.31. The monoisotopic (exact) mass is 249 g/mol. The molecule has 0 radical (unpaired) electrons. The number of benzene rings is 1. The third-order valence-corrected chi connectivity index (χ3v) is 2.71. The predicted octanol–water partition coefficient (Wildman–Crippen LogP) is 2.22. The lowest BCUT2D eigenvalue weighted by Crippen LogP contribution is -2.29. The van der Waals surface area contributed by atoms with Gasteiger partial charge in [-0.2, -0.15) is 0 Å². The van der Waals surface area contributed by atoms with Gasteiger partial charge in [0.2, 0.25) is 0 Å². The summed E-state index contributed by atoms with van der Waals surface area (Å²) >= 11 is 0. The van der Waals surface area contributed by atoms with E-state index in [4.69, 9.17) is 5.84 Å². The molecule has 18 heavy (non-hydrogen) atoms. The molecule has 0 aliphatic carbocycles. The Labute approximate surface area is 104 Å². The molecule has 0 fully saturated rings. The van der Waals surface area contributed by atoms with Crippen LogP contribution in [-0.4, -0.2) is 4.98 Å². The summed E-state index contributed by atoms with van der Waals surface area (Å²) in [5.74, 6) is 3.70. The van der Waals surface area contributed by atoms with Gasteiger partial charge in [0.25, 0.3) is 0 Å². The number of nitrogens with two attached hydrogens (primary N) is 1. The molecule has 0 spiro atoms. The van der Waals surface area contributed by atoms with Gasteiger partial charge < -0.3 is 0 Å². The fraction of sp³-hybridized carbons (Fsp3) is 0.154. The van der Waals surface area contributed by atoms with Crippen LogP contribution in [0.25, 0.3) is 0 Å². The molecule has 0 aliphatic rings. The van der Waals surface area contributed by atoms with Crippen molar-refractivity contribution in [2.24, 2.45) is 5.84 Å². The Kier molecular flexibility index (Phi) is 3.64. The molecule has 1 aromatic heterocycles. The molecule has 0 amide bonds. The number of hydrogen-bond donors (Lipinski definition) is 2. The zero-order chi connectivity index (χ0) is 13.1. The Bertz CT molecular complexity index is 540. The molecule has 3 nitrogen and oxygen atoms in total. The number of hydrazine groups is 1. The number of rotatable bonds is 3. The van der Waals surface area contributed by atoms with E-state index in [0.717, 1.165) is 23.4 Å². The topological polar surface area (TPSA) is 50.9 Å². The summed E-state index contributed by atoms with van der Waals surface area (Å²) in [7, 11) is 0. The van der Waals surface area contributed by atoms with E-state index in [-0.39, 0.29) is 0 Å².